The number of ketones is 1. The SMILES string of the molecule is CCOC(=O)CC(=O)c1cc(CN2CCOCC2)cnc1Cl.Clc1[c-]cc(CN2CCOCC2)cn1.O=Cc1cnc(Cl)c(Br)c1.[Y]. The largest absolute Gasteiger partial charge is 0.466 e. The van der Waals surface area contributed by atoms with Crippen LogP contribution >= 0.6 is 50.7 Å². The van der Waals surface area contributed by atoms with E-state index in [2.05, 4.69) is 46.7 Å². The van der Waals surface area contributed by atoms with Gasteiger partial charge in [-0.3, -0.25) is 24.3 Å². The number of hydrogen-bond acceptors (Lipinski definition) is 11. The Bertz CT molecular complexity index is 1430. The number of morpholine rings is 2. The predicted molar refractivity (Wildman–Crippen MR) is 177 cm³/mol. The number of hydrogen-bond donors (Lipinski definition) is 0. The first-order valence-corrected chi connectivity index (χ1v) is 16.3. The number of carbonyl (C=O) groups excluding carboxylic acids is 3. The van der Waals surface area contributed by atoms with Gasteiger partial charge in [-0.1, -0.05) is 34.8 Å². The molecule has 0 aromatic carbocycles. The third-order valence-electron chi connectivity index (χ3n) is 6.50. The zero-order chi connectivity index (χ0) is 33.3. The molecule has 47 heavy (non-hydrogen) atoms. The molecule has 0 bridgehead atoms. The first-order chi connectivity index (χ1) is 22.2. The van der Waals surface area contributed by atoms with E-state index >= 15 is 0 Å². The number of rotatable bonds is 9. The second-order valence-corrected chi connectivity index (χ2v) is 11.9. The van der Waals surface area contributed by atoms with Crippen LogP contribution in [0.2, 0.25) is 15.5 Å². The molecule has 2 fully saturated rings. The van der Waals surface area contributed by atoms with Gasteiger partial charge in [0.2, 0.25) is 0 Å². The van der Waals surface area contributed by atoms with E-state index in [0.29, 0.717) is 46.4 Å². The van der Waals surface area contributed by atoms with Crippen molar-refractivity contribution in [3.05, 3.63) is 85.0 Å². The fraction of sp³-hybridized carbons (Fsp3) is 0.419. The molecule has 5 rings (SSSR count). The van der Waals surface area contributed by atoms with Crippen molar-refractivity contribution in [2.45, 2.75) is 26.4 Å². The molecule has 0 spiro atoms. The van der Waals surface area contributed by atoms with Gasteiger partial charge in [-0.2, -0.15) is 5.56 Å². The van der Waals surface area contributed by atoms with Crippen molar-refractivity contribution in [2.75, 3.05) is 59.2 Å². The Balaban J connectivity index is 0.000000263. The van der Waals surface area contributed by atoms with Gasteiger partial charge in [0, 0.05) is 88.5 Å². The molecule has 11 nitrogen and oxygen atoms in total. The van der Waals surface area contributed by atoms with Crippen molar-refractivity contribution < 1.29 is 61.3 Å². The second-order valence-electron chi connectivity index (χ2n) is 9.94. The van der Waals surface area contributed by atoms with Crippen LogP contribution in [-0.4, -0.2) is 102 Å². The quantitative estimate of drug-likeness (QED) is 0.0690. The van der Waals surface area contributed by atoms with Gasteiger partial charge in [0.1, 0.15) is 16.7 Å². The fourth-order valence-electron chi connectivity index (χ4n) is 4.20. The van der Waals surface area contributed by atoms with Crippen LogP contribution in [0.1, 0.15) is 45.2 Å². The molecule has 5 heterocycles. The molecule has 0 N–H and O–H groups in total. The summed E-state index contributed by atoms with van der Waals surface area (Å²) in [6.45, 7) is 10.2. The Labute approximate surface area is 323 Å². The van der Waals surface area contributed by atoms with Gasteiger partial charge in [0.05, 0.1) is 43.1 Å². The van der Waals surface area contributed by atoms with E-state index < -0.39 is 5.97 Å². The third kappa shape index (κ3) is 15.8. The molecule has 3 aromatic heterocycles. The Morgan fingerprint density at radius 3 is 2.02 bits per heavy atom. The Morgan fingerprint density at radius 1 is 0.915 bits per heavy atom. The Morgan fingerprint density at radius 2 is 1.49 bits per heavy atom. The summed E-state index contributed by atoms with van der Waals surface area (Å²) in [5.74, 6) is -0.929. The van der Waals surface area contributed by atoms with Crippen LogP contribution in [0.3, 0.4) is 0 Å². The molecule has 3 aromatic rings. The van der Waals surface area contributed by atoms with E-state index in [1.807, 2.05) is 6.07 Å². The molecule has 2 saturated heterocycles. The van der Waals surface area contributed by atoms with Crippen molar-refractivity contribution in [3.63, 3.8) is 0 Å². The average molecular weight is 848 g/mol. The first-order valence-electron chi connectivity index (χ1n) is 14.4. The molecule has 16 heteroatoms. The van der Waals surface area contributed by atoms with Gasteiger partial charge in [-0.25, -0.2) is 22.1 Å². The van der Waals surface area contributed by atoms with Crippen molar-refractivity contribution in [2.24, 2.45) is 0 Å². The van der Waals surface area contributed by atoms with Crippen LogP contribution in [0.25, 0.3) is 0 Å². The molecule has 0 amide bonds. The summed E-state index contributed by atoms with van der Waals surface area (Å²) in [6.07, 6.45) is 5.26. The van der Waals surface area contributed by atoms with Gasteiger partial charge in [-0.05, 0) is 53.3 Å². The number of Topliss-reactive ketones (excluding diaryl/α,β-unsaturated/α-hetero) is 1. The Kier molecular flexibility index (Phi) is 20.5. The normalized spacial score (nSPS) is 14.7. The minimum Gasteiger partial charge on any atom is -0.466 e. The van der Waals surface area contributed by atoms with Crippen LogP contribution in [0, 0.1) is 6.07 Å². The summed E-state index contributed by atoms with van der Waals surface area (Å²) >= 11 is 20.3. The number of aromatic nitrogens is 3. The molecule has 0 aliphatic carbocycles. The molecule has 1 radical (unpaired) electrons. The van der Waals surface area contributed by atoms with Crippen molar-refractivity contribution >= 4 is 68.8 Å². The second kappa shape index (κ2) is 23.0. The third-order valence-corrected chi connectivity index (χ3v) is 8.14. The van der Waals surface area contributed by atoms with E-state index in [1.165, 1.54) is 6.20 Å². The molecule has 2 aliphatic heterocycles. The zero-order valence-corrected chi connectivity index (χ0v) is 32.5. The molecular formula is C31H34BrCl3N5O6Y-. The smallest absolute Gasteiger partial charge is 0.313 e. The topological polar surface area (TPSA) is 124 Å². The maximum atomic E-state index is 12.1. The summed E-state index contributed by atoms with van der Waals surface area (Å²) < 4.78 is 16.0. The summed E-state index contributed by atoms with van der Waals surface area (Å²) in [6, 6.07) is 8.09. The van der Waals surface area contributed by atoms with Gasteiger partial charge in [-0.15, -0.1) is 0 Å². The van der Waals surface area contributed by atoms with E-state index in [4.69, 9.17) is 49.0 Å². The summed E-state index contributed by atoms with van der Waals surface area (Å²) in [7, 11) is 0. The van der Waals surface area contributed by atoms with E-state index in [1.54, 1.807) is 31.5 Å². The maximum Gasteiger partial charge on any atom is 0.313 e. The standard InChI is InChI=1S/C15H19ClN2O4.C10H12ClN2O.C6H3BrClNO.Y/c1-2-22-14(20)8-13(19)12-7-11(9-17-15(12)16)10-18-3-5-21-6-4-18;11-10-2-1-9(7-12-10)8-13-3-5-14-6-4-13;7-5-1-4(3-10)2-9-6(5)8;/h7,9H,2-6,8,10H2,1H3;1,7H,3-6,8H2;1-3H;/q;-1;;. The van der Waals surface area contributed by atoms with Crippen molar-refractivity contribution in [1.29, 1.82) is 0 Å². The van der Waals surface area contributed by atoms with Crippen LogP contribution in [-0.2, 0) is 64.8 Å². The van der Waals surface area contributed by atoms with Crippen molar-refractivity contribution in [1.82, 2.24) is 24.8 Å². The molecule has 251 valence electrons. The van der Waals surface area contributed by atoms with Crippen LogP contribution in [0.5, 0.6) is 0 Å². The summed E-state index contributed by atoms with van der Waals surface area (Å²) in [4.78, 5) is 50.1. The van der Waals surface area contributed by atoms with Gasteiger partial charge in [0.25, 0.3) is 0 Å². The number of esters is 1. The predicted octanol–water partition coefficient (Wildman–Crippen LogP) is 5.38. The summed E-state index contributed by atoms with van der Waals surface area (Å²) in [5.41, 5.74) is 2.81. The number of ether oxygens (including phenoxy) is 3. The number of nitrogens with zero attached hydrogens (tertiary/aromatic N) is 5. The average Bonchev–Trinajstić information content (AvgIpc) is 3.06. The minimum atomic E-state index is -0.554. The molecule has 0 atom stereocenters. The van der Waals surface area contributed by atoms with Crippen LogP contribution < -0.4 is 0 Å². The first kappa shape index (κ1) is 41.7. The number of aldehydes is 1. The van der Waals surface area contributed by atoms with Gasteiger partial charge >= 0.3 is 5.97 Å². The Hall–Kier alpha value is -1.45. The van der Waals surface area contributed by atoms with E-state index in [9.17, 15) is 14.4 Å². The molecule has 2 aliphatic rings. The number of halogens is 4. The molecule has 0 unspecified atom stereocenters. The minimum absolute atomic E-state index is 0. The molecule has 0 saturated carbocycles. The van der Waals surface area contributed by atoms with Gasteiger partial charge < -0.3 is 19.1 Å². The van der Waals surface area contributed by atoms with E-state index in [-0.39, 0.29) is 62.2 Å². The fourth-order valence-corrected chi connectivity index (χ4v) is 4.98. The molecular weight excluding hydrogens is 814 g/mol. The monoisotopic (exact) mass is 845 g/mol. The van der Waals surface area contributed by atoms with Crippen molar-refractivity contribution in [3.8, 4) is 0 Å². The van der Waals surface area contributed by atoms with Gasteiger partial charge in [0.15, 0.2) is 12.1 Å². The van der Waals surface area contributed by atoms with Crippen LogP contribution in [0.15, 0.2) is 41.3 Å². The summed E-state index contributed by atoms with van der Waals surface area (Å²) in [5, 5.41) is 0.904. The number of carbonyl (C=O) groups is 3. The maximum absolute atomic E-state index is 12.1. The van der Waals surface area contributed by atoms with E-state index in [0.717, 1.165) is 57.1 Å². The number of pyridine rings is 3. The zero-order valence-electron chi connectivity index (χ0n) is 25.8. The van der Waals surface area contributed by atoms with Crippen LogP contribution in [0.4, 0.5) is 0 Å².